The molecular formula is C39H28N2O. The van der Waals surface area contributed by atoms with E-state index in [2.05, 4.69) is 168 Å². The Morgan fingerprint density at radius 1 is 0.429 bits per heavy atom. The normalized spacial score (nSPS) is 11.7. The van der Waals surface area contributed by atoms with Gasteiger partial charge in [-0.15, -0.1) is 0 Å². The van der Waals surface area contributed by atoms with Gasteiger partial charge in [-0.2, -0.15) is 0 Å². The molecule has 3 heteroatoms. The van der Waals surface area contributed by atoms with Crippen LogP contribution in [0, 0.1) is 0 Å². The summed E-state index contributed by atoms with van der Waals surface area (Å²) in [4.78, 5) is 4.60. The van der Waals surface area contributed by atoms with Gasteiger partial charge in [0.2, 0.25) is 0 Å². The molecule has 0 saturated heterocycles. The van der Waals surface area contributed by atoms with Gasteiger partial charge in [-0.3, -0.25) is 0 Å². The Morgan fingerprint density at radius 3 is 1.38 bits per heavy atom. The maximum Gasteiger partial charge on any atom is 0.139 e. The predicted octanol–water partition coefficient (Wildman–Crippen LogP) is 10.9. The van der Waals surface area contributed by atoms with E-state index in [4.69, 9.17) is 4.42 Å². The van der Waals surface area contributed by atoms with Gasteiger partial charge >= 0.3 is 0 Å². The fourth-order valence-electron chi connectivity index (χ4n) is 6.13. The summed E-state index contributed by atoms with van der Waals surface area (Å²) in [6, 6.07) is 55.5. The van der Waals surface area contributed by atoms with Gasteiger partial charge in [0.1, 0.15) is 11.3 Å². The molecule has 1 aliphatic carbocycles. The molecule has 0 spiro atoms. The highest BCUT2D eigenvalue weighted by molar-refractivity contribution is 5.96. The van der Waals surface area contributed by atoms with Crippen molar-refractivity contribution in [2.75, 3.05) is 9.80 Å². The van der Waals surface area contributed by atoms with Crippen LogP contribution in [0.4, 0.5) is 34.1 Å². The number of furan rings is 1. The smallest absolute Gasteiger partial charge is 0.139 e. The van der Waals surface area contributed by atoms with Crippen LogP contribution in [-0.4, -0.2) is 0 Å². The van der Waals surface area contributed by atoms with Crippen molar-refractivity contribution in [2.45, 2.75) is 6.42 Å². The van der Waals surface area contributed by atoms with Crippen molar-refractivity contribution in [2.24, 2.45) is 0 Å². The second-order valence-electron chi connectivity index (χ2n) is 10.6. The lowest BCUT2D eigenvalue weighted by Gasteiger charge is -2.26. The predicted molar refractivity (Wildman–Crippen MR) is 174 cm³/mol. The summed E-state index contributed by atoms with van der Waals surface area (Å²) in [5, 5.41) is 1.17. The molecular weight excluding hydrogens is 512 g/mol. The van der Waals surface area contributed by atoms with E-state index in [1.165, 1.54) is 22.1 Å². The molecule has 0 N–H and O–H groups in total. The Hall–Kier alpha value is -5.54. The first-order valence-electron chi connectivity index (χ1n) is 14.3. The number of hydrogen-bond donors (Lipinski definition) is 0. The third-order valence-corrected chi connectivity index (χ3v) is 8.05. The maximum atomic E-state index is 6.59. The molecule has 0 fully saturated rings. The van der Waals surface area contributed by atoms with E-state index < -0.39 is 0 Å². The monoisotopic (exact) mass is 540 g/mol. The van der Waals surface area contributed by atoms with Crippen molar-refractivity contribution in [3.05, 3.63) is 169 Å². The van der Waals surface area contributed by atoms with Crippen molar-refractivity contribution in [1.29, 1.82) is 0 Å². The Morgan fingerprint density at radius 2 is 0.881 bits per heavy atom. The SMILES string of the molecule is c1ccc(N(c2ccccc2)c2ccc3c(c2)-c2oc4ccc(N(c5ccccc5)c5ccccc5)cc4c2C3)cc1. The Labute approximate surface area is 245 Å². The second kappa shape index (κ2) is 10.1. The number of rotatable bonds is 6. The maximum absolute atomic E-state index is 6.59. The van der Waals surface area contributed by atoms with Crippen LogP contribution in [-0.2, 0) is 6.42 Å². The average molecular weight is 541 g/mol. The third-order valence-electron chi connectivity index (χ3n) is 8.05. The summed E-state index contributed by atoms with van der Waals surface area (Å²) in [6.07, 6.45) is 0.856. The van der Waals surface area contributed by atoms with Crippen LogP contribution in [0.5, 0.6) is 0 Å². The first-order valence-corrected chi connectivity index (χ1v) is 14.3. The summed E-state index contributed by atoms with van der Waals surface area (Å²) in [5.74, 6) is 0.978. The zero-order valence-electron chi connectivity index (χ0n) is 23.0. The molecule has 0 atom stereocenters. The summed E-state index contributed by atoms with van der Waals surface area (Å²) < 4.78 is 6.59. The van der Waals surface area contributed by atoms with Crippen LogP contribution >= 0.6 is 0 Å². The average Bonchev–Trinajstić information content (AvgIpc) is 3.59. The second-order valence-corrected chi connectivity index (χ2v) is 10.6. The number of para-hydroxylation sites is 4. The Bertz CT molecular complexity index is 1920. The first-order chi connectivity index (χ1) is 20.8. The van der Waals surface area contributed by atoms with E-state index in [1.54, 1.807) is 0 Å². The minimum atomic E-state index is 0.856. The van der Waals surface area contributed by atoms with Crippen molar-refractivity contribution in [1.82, 2.24) is 0 Å². The van der Waals surface area contributed by atoms with Gasteiger partial charge in [-0.1, -0.05) is 78.9 Å². The minimum Gasteiger partial charge on any atom is -0.456 e. The summed E-state index contributed by atoms with van der Waals surface area (Å²) >= 11 is 0. The van der Waals surface area contributed by atoms with Crippen LogP contribution in [0.2, 0.25) is 0 Å². The van der Waals surface area contributed by atoms with Gasteiger partial charge < -0.3 is 14.2 Å². The van der Waals surface area contributed by atoms with Gasteiger partial charge in [0.15, 0.2) is 0 Å². The molecule has 1 heterocycles. The topological polar surface area (TPSA) is 19.6 Å². The molecule has 8 rings (SSSR count). The minimum absolute atomic E-state index is 0.856. The molecule has 0 radical (unpaired) electrons. The van der Waals surface area contributed by atoms with E-state index >= 15 is 0 Å². The van der Waals surface area contributed by atoms with Crippen molar-refractivity contribution >= 4 is 45.1 Å². The van der Waals surface area contributed by atoms with Crippen molar-refractivity contribution in [3.63, 3.8) is 0 Å². The lowest BCUT2D eigenvalue weighted by molar-refractivity contribution is 0.631. The first kappa shape index (κ1) is 24.3. The lowest BCUT2D eigenvalue weighted by Crippen LogP contribution is -2.09. The Kier molecular flexibility index (Phi) is 5.86. The third kappa shape index (κ3) is 4.15. The molecule has 1 aliphatic rings. The Balaban J connectivity index is 1.24. The van der Waals surface area contributed by atoms with Gasteiger partial charge in [-0.05, 0) is 84.4 Å². The molecule has 0 bridgehead atoms. The van der Waals surface area contributed by atoms with E-state index in [0.717, 1.165) is 51.9 Å². The molecule has 0 unspecified atom stereocenters. The van der Waals surface area contributed by atoms with Crippen molar-refractivity contribution in [3.8, 4) is 11.3 Å². The van der Waals surface area contributed by atoms with Gasteiger partial charge in [0.25, 0.3) is 0 Å². The number of fused-ring (bicyclic) bond motifs is 5. The van der Waals surface area contributed by atoms with Gasteiger partial charge in [0.05, 0.1) is 0 Å². The summed E-state index contributed by atoms with van der Waals surface area (Å²) in [7, 11) is 0. The molecule has 42 heavy (non-hydrogen) atoms. The number of nitrogens with zero attached hydrogens (tertiary/aromatic N) is 2. The molecule has 1 aromatic heterocycles. The number of benzene rings is 6. The highest BCUT2D eigenvalue weighted by atomic mass is 16.3. The van der Waals surface area contributed by atoms with E-state index in [-0.39, 0.29) is 0 Å². The molecule has 0 amide bonds. The molecule has 7 aromatic rings. The van der Waals surface area contributed by atoms with E-state index in [9.17, 15) is 0 Å². The summed E-state index contributed by atoms with van der Waals surface area (Å²) in [6.45, 7) is 0. The molecule has 200 valence electrons. The highest BCUT2D eigenvalue weighted by Crippen LogP contribution is 2.47. The van der Waals surface area contributed by atoms with E-state index in [1.807, 2.05) is 0 Å². The van der Waals surface area contributed by atoms with Crippen LogP contribution in [0.1, 0.15) is 11.1 Å². The van der Waals surface area contributed by atoms with Crippen LogP contribution < -0.4 is 9.80 Å². The number of anilines is 6. The fourth-order valence-corrected chi connectivity index (χ4v) is 6.13. The van der Waals surface area contributed by atoms with E-state index in [0.29, 0.717) is 0 Å². The quantitative estimate of drug-likeness (QED) is 0.209. The summed E-state index contributed by atoms with van der Waals surface area (Å²) in [5.41, 5.74) is 11.4. The largest absolute Gasteiger partial charge is 0.456 e. The molecule has 3 nitrogen and oxygen atoms in total. The van der Waals surface area contributed by atoms with Crippen molar-refractivity contribution < 1.29 is 4.42 Å². The highest BCUT2D eigenvalue weighted by Gasteiger charge is 2.27. The standard InChI is InChI=1S/C39H28N2O/c1-5-13-29(14-6-1)40(30-15-7-2-8-16-30)33-22-21-28-25-37-36-27-34(23-24-38(36)42-39(37)35(28)26-33)41(31-17-9-3-10-18-31)32-19-11-4-12-20-32/h1-24,26-27H,25H2. The lowest BCUT2D eigenvalue weighted by atomic mass is 10.1. The zero-order valence-corrected chi connectivity index (χ0v) is 23.0. The molecule has 0 aliphatic heterocycles. The van der Waals surface area contributed by atoms with Gasteiger partial charge in [-0.25, -0.2) is 0 Å². The molecule has 6 aromatic carbocycles. The number of hydrogen-bond acceptors (Lipinski definition) is 3. The van der Waals surface area contributed by atoms with Crippen LogP contribution in [0.15, 0.2) is 162 Å². The molecule has 0 saturated carbocycles. The van der Waals surface area contributed by atoms with Crippen LogP contribution in [0.25, 0.3) is 22.3 Å². The van der Waals surface area contributed by atoms with Gasteiger partial charge in [0, 0.05) is 57.1 Å². The fraction of sp³-hybridized carbons (Fsp3) is 0.0256. The zero-order chi connectivity index (χ0) is 27.9. The van der Waals surface area contributed by atoms with Crippen LogP contribution in [0.3, 0.4) is 0 Å².